The molecule has 1 heterocycles. The second-order valence-corrected chi connectivity index (χ2v) is 3.87. The van der Waals surface area contributed by atoms with Crippen molar-refractivity contribution in [3.8, 4) is 0 Å². The van der Waals surface area contributed by atoms with Gasteiger partial charge < -0.3 is 5.11 Å². The van der Waals surface area contributed by atoms with Crippen molar-refractivity contribution in [2.75, 3.05) is 0 Å². The lowest BCUT2D eigenvalue weighted by Gasteiger charge is -2.14. The number of rotatable bonds is 2. The number of halogens is 1. The van der Waals surface area contributed by atoms with E-state index in [0.717, 1.165) is 3.57 Å². The van der Waals surface area contributed by atoms with Crippen LogP contribution in [0.5, 0.6) is 0 Å². The van der Waals surface area contributed by atoms with E-state index in [2.05, 4.69) is 27.7 Å². The number of aromatic nitrogens is 2. The third kappa shape index (κ3) is 2.16. The molecule has 1 aromatic rings. The summed E-state index contributed by atoms with van der Waals surface area (Å²) in [5.41, 5.74) is 0. The molecule has 62 valence electrons. The van der Waals surface area contributed by atoms with Crippen molar-refractivity contribution in [2.45, 2.75) is 26.0 Å². The average molecular weight is 266 g/mol. The van der Waals surface area contributed by atoms with E-state index < -0.39 is 0 Å². The third-order valence-electron chi connectivity index (χ3n) is 1.69. The summed E-state index contributed by atoms with van der Waals surface area (Å²) in [7, 11) is 0. The molecule has 4 heteroatoms. The van der Waals surface area contributed by atoms with Gasteiger partial charge in [-0.05, 0) is 36.4 Å². The molecule has 2 atom stereocenters. The van der Waals surface area contributed by atoms with E-state index in [9.17, 15) is 5.11 Å². The maximum atomic E-state index is 9.22. The molecule has 0 aliphatic heterocycles. The Morgan fingerprint density at radius 1 is 1.64 bits per heavy atom. The highest BCUT2D eigenvalue weighted by Gasteiger charge is 2.10. The van der Waals surface area contributed by atoms with Gasteiger partial charge in [0.25, 0.3) is 0 Å². The zero-order valence-electron chi connectivity index (χ0n) is 6.53. The van der Waals surface area contributed by atoms with E-state index in [4.69, 9.17) is 0 Å². The normalized spacial score (nSPS) is 16.4. The number of aliphatic hydroxyl groups is 1. The number of nitrogens with zero attached hydrogens (tertiary/aromatic N) is 2. The highest BCUT2D eigenvalue weighted by molar-refractivity contribution is 14.1. The second kappa shape index (κ2) is 3.53. The van der Waals surface area contributed by atoms with E-state index in [1.54, 1.807) is 17.8 Å². The van der Waals surface area contributed by atoms with Crippen LogP contribution in [0.15, 0.2) is 12.4 Å². The van der Waals surface area contributed by atoms with E-state index in [1.807, 2.05) is 13.1 Å². The number of hydrogen-bond acceptors (Lipinski definition) is 2. The van der Waals surface area contributed by atoms with E-state index >= 15 is 0 Å². The summed E-state index contributed by atoms with van der Waals surface area (Å²) in [5, 5.41) is 13.3. The standard InChI is InChI=1S/C7H11IN2O/c1-5(6(2)11)10-4-7(8)3-9-10/h3-6,11H,1-2H3/t5-,6+/m0/s1. The molecule has 0 aromatic carbocycles. The minimum Gasteiger partial charge on any atom is -0.391 e. The Kier molecular flexibility index (Phi) is 2.89. The van der Waals surface area contributed by atoms with Gasteiger partial charge in [0.15, 0.2) is 0 Å². The highest BCUT2D eigenvalue weighted by atomic mass is 127. The SMILES string of the molecule is C[C@@H](O)[C@H](C)n1cc(I)cn1. The van der Waals surface area contributed by atoms with Crippen molar-refractivity contribution < 1.29 is 5.11 Å². The molecule has 0 aliphatic carbocycles. The highest BCUT2D eigenvalue weighted by Crippen LogP contribution is 2.11. The molecule has 0 spiro atoms. The fourth-order valence-electron chi connectivity index (χ4n) is 0.759. The van der Waals surface area contributed by atoms with Gasteiger partial charge in [0, 0.05) is 6.20 Å². The molecule has 0 saturated carbocycles. The van der Waals surface area contributed by atoms with Crippen molar-refractivity contribution in [1.82, 2.24) is 9.78 Å². The lowest BCUT2D eigenvalue weighted by Crippen LogP contribution is -2.18. The van der Waals surface area contributed by atoms with Crippen LogP contribution < -0.4 is 0 Å². The van der Waals surface area contributed by atoms with Gasteiger partial charge in [0.2, 0.25) is 0 Å². The Morgan fingerprint density at radius 2 is 2.27 bits per heavy atom. The van der Waals surface area contributed by atoms with Gasteiger partial charge in [-0.2, -0.15) is 5.10 Å². The van der Waals surface area contributed by atoms with Crippen LogP contribution in [-0.2, 0) is 0 Å². The summed E-state index contributed by atoms with van der Waals surface area (Å²) in [4.78, 5) is 0. The first-order valence-corrected chi connectivity index (χ1v) is 4.57. The fraction of sp³-hybridized carbons (Fsp3) is 0.571. The smallest absolute Gasteiger partial charge is 0.0747 e. The predicted octanol–water partition coefficient (Wildman–Crippen LogP) is 1.43. The number of hydrogen-bond donors (Lipinski definition) is 1. The minimum atomic E-state index is -0.356. The third-order valence-corrected chi connectivity index (χ3v) is 2.24. The van der Waals surface area contributed by atoms with Crippen LogP contribution >= 0.6 is 22.6 Å². The lowest BCUT2D eigenvalue weighted by molar-refractivity contribution is 0.132. The van der Waals surface area contributed by atoms with Gasteiger partial charge in [-0.1, -0.05) is 0 Å². The van der Waals surface area contributed by atoms with Crippen LogP contribution in [0.25, 0.3) is 0 Å². The van der Waals surface area contributed by atoms with Gasteiger partial charge in [0.1, 0.15) is 0 Å². The maximum Gasteiger partial charge on any atom is 0.0747 e. The molecular formula is C7H11IN2O. The Labute approximate surface area is 79.6 Å². The summed E-state index contributed by atoms with van der Waals surface area (Å²) in [6.45, 7) is 3.70. The first kappa shape index (κ1) is 8.99. The molecule has 1 N–H and O–H groups in total. The van der Waals surface area contributed by atoms with Crippen molar-refractivity contribution in [3.63, 3.8) is 0 Å². The summed E-state index contributed by atoms with van der Waals surface area (Å²) < 4.78 is 2.86. The van der Waals surface area contributed by atoms with Crippen LogP contribution in [0.3, 0.4) is 0 Å². The van der Waals surface area contributed by atoms with E-state index in [1.165, 1.54) is 0 Å². The minimum absolute atomic E-state index is 0.0542. The first-order valence-electron chi connectivity index (χ1n) is 3.49. The van der Waals surface area contributed by atoms with Gasteiger partial charge in [-0.25, -0.2) is 0 Å². The summed E-state index contributed by atoms with van der Waals surface area (Å²) in [6, 6.07) is 0.0542. The molecule has 0 aliphatic rings. The van der Waals surface area contributed by atoms with E-state index in [0.29, 0.717) is 0 Å². The van der Waals surface area contributed by atoms with Crippen LogP contribution in [0, 0.1) is 3.57 Å². The molecule has 1 aromatic heterocycles. The second-order valence-electron chi connectivity index (χ2n) is 2.62. The van der Waals surface area contributed by atoms with Crippen molar-refractivity contribution >= 4 is 22.6 Å². The Hall–Kier alpha value is -0.100. The maximum absolute atomic E-state index is 9.22. The van der Waals surface area contributed by atoms with E-state index in [-0.39, 0.29) is 12.1 Å². The van der Waals surface area contributed by atoms with Crippen molar-refractivity contribution in [2.24, 2.45) is 0 Å². The van der Waals surface area contributed by atoms with Gasteiger partial charge >= 0.3 is 0 Å². The molecule has 1 rings (SSSR count). The molecule has 0 amide bonds. The van der Waals surface area contributed by atoms with Crippen molar-refractivity contribution in [1.29, 1.82) is 0 Å². The van der Waals surface area contributed by atoms with Crippen molar-refractivity contribution in [3.05, 3.63) is 16.0 Å². The summed E-state index contributed by atoms with van der Waals surface area (Å²) in [6.07, 6.45) is 3.34. The molecule has 0 radical (unpaired) electrons. The first-order chi connectivity index (χ1) is 5.11. The topological polar surface area (TPSA) is 38.0 Å². The monoisotopic (exact) mass is 266 g/mol. The van der Waals surface area contributed by atoms with Gasteiger partial charge in [-0.15, -0.1) is 0 Å². The number of aliphatic hydroxyl groups excluding tert-OH is 1. The Balaban J connectivity index is 2.76. The lowest BCUT2D eigenvalue weighted by atomic mass is 10.2. The van der Waals surface area contributed by atoms with Gasteiger partial charge in [0.05, 0.1) is 21.9 Å². The molecule has 0 unspecified atom stereocenters. The molecule has 0 saturated heterocycles. The van der Waals surface area contributed by atoms with Crippen LogP contribution in [-0.4, -0.2) is 21.0 Å². The van der Waals surface area contributed by atoms with Crippen LogP contribution in [0.4, 0.5) is 0 Å². The summed E-state index contributed by atoms with van der Waals surface area (Å²) >= 11 is 2.19. The quantitative estimate of drug-likeness (QED) is 0.822. The molecule has 3 nitrogen and oxygen atoms in total. The predicted molar refractivity (Wildman–Crippen MR) is 51.3 cm³/mol. The average Bonchev–Trinajstić information content (AvgIpc) is 2.34. The molecule has 0 bridgehead atoms. The Morgan fingerprint density at radius 3 is 2.64 bits per heavy atom. The van der Waals surface area contributed by atoms with Gasteiger partial charge in [-0.3, -0.25) is 4.68 Å². The summed E-state index contributed by atoms with van der Waals surface area (Å²) in [5.74, 6) is 0. The zero-order chi connectivity index (χ0) is 8.43. The zero-order valence-corrected chi connectivity index (χ0v) is 8.69. The van der Waals surface area contributed by atoms with Crippen LogP contribution in [0.1, 0.15) is 19.9 Å². The molecular weight excluding hydrogens is 255 g/mol. The largest absolute Gasteiger partial charge is 0.391 e. The van der Waals surface area contributed by atoms with Crippen LogP contribution in [0.2, 0.25) is 0 Å². The Bertz CT molecular complexity index is 234. The fourth-order valence-corrected chi connectivity index (χ4v) is 1.17. The molecule has 0 fully saturated rings. The molecule has 11 heavy (non-hydrogen) atoms.